The molecule has 2 aliphatic rings. The fraction of sp³-hybridized carbons (Fsp3) is 0.344. The lowest BCUT2D eigenvalue weighted by Gasteiger charge is -2.36. The molecule has 3 aromatic rings. The molecule has 1 fully saturated rings. The van der Waals surface area contributed by atoms with Crippen LogP contribution in [0.1, 0.15) is 49.8 Å². The summed E-state index contributed by atoms with van der Waals surface area (Å²) in [5.41, 5.74) is 3.32. The van der Waals surface area contributed by atoms with Crippen molar-refractivity contribution in [3.63, 3.8) is 0 Å². The Morgan fingerprint density at radius 2 is 1.93 bits per heavy atom. The van der Waals surface area contributed by atoms with Crippen LogP contribution in [-0.4, -0.2) is 62.0 Å². The Bertz CT molecular complexity index is 1530. The van der Waals surface area contributed by atoms with Gasteiger partial charge in [-0.25, -0.2) is 0 Å². The van der Waals surface area contributed by atoms with Crippen LogP contribution in [0.4, 0.5) is 5.69 Å². The minimum absolute atomic E-state index is 0.147. The Hall–Kier alpha value is -3.87. The second kappa shape index (κ2) is 13.2. The highest BCUT2D eigenvalue weighted by molar-refractivity contribution is 6.58. The predicted molar refractivity (Wildman–Crippen MR) is 160 cm³/mol. The summed E-state index contributed by atoms with van der Waals surface area (Å²) in [6.07, 6.45) is 3.99. The van der Waals surface area contributed by atoms with Gasteiger partial charge in [-0.05, 0) is 84.8 Å². The minimum atomic E-state index is -1.76. The van der Waals surface area contributed by atoms with Crippen molar-refractivity contribution in [1.82, 2.24) is 4.98 Å². The fourth-order valence-electron chi connectivity index (χ4n) is 6.38. The van der Waals surface area contributed by atoms with Crippen LogP contribution in [0, 0.1) is 17.8 Å². The Kier molecular flexibility index (Phi) is 9.38. The molecule has 43 heavy (non-hydrogen) atoms. The number of anilines is 1. The van der Waals surface area contributed by atoms with Crippen molar-refractivity contribution >= 4 is 41.7 Å². The first-order valence-electron chi connectivity index (χ1n) is 14.4. The number of furan rings is 1. The van der Waals surface area contributed by atoms with E-state index in [2.05, 4.69) is 4.98 Å². The Labute approximate surface area is 249 Å². The molecule has 2 aromatic heterocycles. The number of carbonyl (C=O) groups excluding carboxylic acids is 2. The highest BCUT2D eigenvalue weighted by Crippen LogP contribution is 2.48. The van der Waals surface area contributed by atoms with Gasteiger partial charge in [0, 0.05) is 12.1 Å². The Morgan fingerprint density at radius 1 is 1.12 bits per heavy atom. The predicted octanol–water partition coefficient (Wildman–Crippen LogP) is 2.05. The van der Waals surface area contributed by atoms with Crippen molar-refractivity contribution in [3.05, 3.63) is 89.2 Å². The van der Waals surface area contributed by atoms with E-state index < -0.39 is 49.4 Å². The summed E-state index contributed by atoms with van der Waals surface area (Å²) in [5.74, 6) is -2.22. The summed E-state index contributed by atoms with van der Waals surface area (Å²) < 4.78 is 5.65. The Morgan fingerprint density at radius 3 is 2.58 bits per heavy atom. The number of aliphatic hydroxyl groups excluding tert-OH is 3. The number of imide groups is 1. The number of aromatic nitrogens is 1. The molecule has 4 atom stereocenters. The molecule has 224 valence electrons. The van der Waals surface area contributed by atoms with Crippen LogP contribution in [0.5, 0.6) is 0 Å². The summed E-state index contributed by atoms with van der Waals surface area (Å²) in [5, 5.41) is 50.8. The van der Waals surface area contributed by atoms with Crippen molar-refractivity contribution in [2.75, 3.05) is 11.5 Å². The van der Waals surface area contributed by atoms with Crippen molar-refractivity contribution in [2.24, 2.45) is 17.8 Å². The molecule has 0 radical (unpaired) electrons. The number of aliphatic hydroxyl groups is 3. The third kappa shape index (κ3) is 6.13. The van der Waals surface area contributed by atoms with Gasteiger partial charge in [0.25, 0.3) is 0 Å². The summed E-state index contributed by atoms with van der Waals surface area (Å²) in [7, 11) is -1.76. The van der Waals surface area contributed by atoms with Crippen LogP contribution in [0.3, 0.4) is 0 Å². The lowest BCUT2D eigenvalue weighted by molar-refractivity contribution is -0.123. The van der Waals surface area contributed by atoms with Gasteiger partial charge in [0.05, 0.1) is 35.9 Å². The summed E-state index contributed by atoms with van der Waals surface area (Å²) in [4.78, 5) is 32.9. The molecule has 0 saturated carbocycles. The largest absolute Gasteiger partial charge is 0.488 e. The van der Waals surface area contributed by atoms with Gasteiger partial charge in [0.1, 0.15) is 18.1 Å². The summed E-state index contributed by atoms with van der Waals surface area (Å²) >= 11 is 0. The van der Waals surface area contributed by atoms with Crippen LogP contribution in [0.25, 0.3) is 11.6 Å². The van der Waals surface area contributed by atoms with E-state index in [-0.39, 0.29) is 30.6 Å². The van der Waals surface area contributed by atoms with Crippen LogP contribution in [-0.2, 0) is 16.2 Å². The molecule has 10 nitrogen and oxygen atoms in total. The highest BCUT2D eigenvalue weighted by Gasteiger charge is 2.55. The number of allylic oxidation sites excluding steroid dienone is 2. The molecule has 11 heteroatoms. The molecule has 5 rings (SSSR count). The number of amides is 2. The highest BCUT2D eigenvalue weighted by atomic mass is 16.4. The van der Waals surface area contributed by atoms with Crippen molar-refractivity contribution in [2.45, 2.75) is 45.3 Å². The van der Waals surface area contributed by atoms with Crippen LogP contribution < -0.4 is 10.4 Å². The van der Waals surface area contributed by atoms with Gasteiger partial charge in [-0.2, -0.15) is 0 Å². The number of hydrogen-bond acceptors (Lipinski definition) is 9. The molecule has 0 spiro atoms. The van der Waals surface area contributed by atoms with Crippen molar-refractivity contribution in [3.8, 4) is 0 Å². The minimum Gasteiger partial charge on any atom is -0.459 e. The molecule has 2 amide bonds. The van der Waals surface area contributed by atoms with E-state index in [0.29, 0.717) is 35.6 Å². The van der Waals surface area contributed by atoms with E-state index in [9.17, 15) is 35.0 Å². The third-order valence-electron chi connectivity index (χ3n) is 8.43. The zero-order valence-electron chi connectivity index (χ0n) is 23.8. The molecule has 0 unspecified atom stereocenters. The second-order valence-electron chi connectivity index (χ2n) is 10.9. The molecule has 1 aromatic carbocycles. The van der Waals surface area contributed by atoms with Gasteiger partial charge < -0.3 is 29.8 Å². The third-order valence-corrected chi connectivity index (χ3v) is 8.43. The number of pyridine rings is 1. The fourth-order valence-corrected chi connectivity index (χ4v) is 6.38. The number of hydrogen-bond donors (Lipinski definition) is 5. The van der Waals surface area contributed by atoms with Crippen molar-refractivity contribution < 1.29 is 39.4 Å². The zero-order chi connectivity index (χ0) is 30.7. The summed E-state index contributed by atoms with van der Waals surface area (Å²) in [6.45, 7) is 1.28. The molecular formula is C32H35BN2O8. The maximum Gasteiger partial charge on any atom is 0.488 e. The topological polar surface area (TPSA) is 165 Å². The van der Waals surface area contributed by atoms with E-state index in [4.69, 9.17) is 4.42 Å². The first-order chi connectivity index (χ1) is 20.8. The number of benzene rings is 1. The van der Waals surface area contributed by atoms with Crippen LogP contribution in [0.2, 0.25) is 0 Å². The zero-order valence-corrected chi connectivity index (χ0v) is 23.8. The van der Waals surface area contributed by atoms with E-state index in [1.54, 1.807) is 36.5 Å². The van der Waals surface area contributed by atoms with E-state index in [0.717, 1.165) is 16.0 Å². The van der Waals surface area contributed by atoms with Gasteiger partial charge in [-0.3, -0.25) is 19.5 Å². The summed E-state index contributed by atoms with van der Waals surface area (Å²) in [6, 6.07) is 14.9. The van der Waals surface area contributed by atoms with Crippen LogP contribution >= 0.6 is 0 Å². The SMILES string of the molecule is CCC1=C([C@H](O)CC/C(=C/c2ccc(CO)o2)c2ccccn2)[C@H](CO)[C@@H]2C(=O)N(c3cccc(B(O)O)c3)C(=O)[C@@H]2C1. The molecule has 3 heterocycles. The van der Waals surface area contributed by atoms with E-state index >= 15 is 0 Å². The molecular weight excluding hydrogens is 551 g/mol. The monoisotopic (exact) mass is 586 g/mol. The number of fused-ring (bicyclic) bond motifs is 1. The van der Waals surface area contributed by atoms with Gasteiger partial charge in [-0.15, -0.1) is 0 Å². The lowest BCUT2D eigenvalue weighted by atomic mass is 9.67. The van der Waals surface area contributed by atoms with Gasteiger partial charge >= 0.3 is 7.12 Å². The van der Waals surface area contributed by atoms with Crippen LogP contribution in [0.15, 0.2) is 76.4 Å². The normalized spacial score (nSPS) is 21.4. The first kappa shape index (κ1) is 30.6. The average Bonchev–Trinajstić information content (AvgIpc) is 3.59. The van der Waals surface area contributed by atoms with Gasteiger partial charge in [0.15, 0.2) is 0 Å². The van der Waals surface area contributed by atoms with E-state index in [1.807, 2.05) is 25.1 Å². The first-order valence-corrected chi connectivity index (χ1v) is 14.4. The average molecular weight is 586 g/mol. The molecule has 1 aliphatic carbocycles. The van der Waals surface area contributed by atoms with Gasteiger partial charge in [-0.1, -0.05) is 30.7 Å². The molecule has 5 N–H and O–H groups in total. The maximum atomic E-state index is 13.8. The Balaban J connectivity index is 1.42. The number of carbonyl (C=O) groups is 2. The maximum absolute atomic E-state index is 13.8. The van der Waals surface area contributed by atoms with E-state index in [1.165, 1.54) is 12.1 Å². The molecule has 1 aliphatic heterocycles. The lowest BCUT2D eigenvalue weighted by Crippen LogP contribution is -2.39. The smallest absolute Gasteiger partial charge is 0.459 e. The standard InChI is InChI=1S/C32H35BN2O8/c1-2-19-15-25-30(32(40)35(31(25)39)22-7-5-6-21(16-22)33(41)42)26(18-37)29(19)28(38)12-9-20(27-8-3-4-13-34-27)14-23-10-11-24(17-36)43-23/h3-8,10-11,13-14,16,25-26,28,30,36-38,41-42H,2,9,12,15,17-18H2,1H3/b20-14-/t25-,26+,28-,30-/m1/s1. The number of nitrogens with zero attached hydrogens (tertiary/aromatic N) is 2. The quantitative estimate of drug-likeness (QED) is 0.129. The van der Waals surface area contributed by atoms with Crippen molar-refractivity contribution in [1.29, 1.82) is 0 Å². The molecule has 1 saturated heterocycles. The van der Waals surface area contributed by atoms with Gasteiger partial charge in [0.2, 0.25) is 11.8 Å². The second-order valence-corrected chi connectivity index (χ2v) is 10.9. The molecule has 0 bridgehead atoms. The number of rotatable bonds is 11.